The van der Waals surface area contributed by atoms with Crippen LogP contribution < -0.4 is 5.32 Å². The normalized spacial score (nSPS) is 27.1. The first-order valence-corrected chi connectivity index (χ1v) is 8.68. The second kappa shape index (κ2) is 6.52. The topological polar surface area (TPSA) is 41.6 Å². The van der Waals surface area contributed by atoms with E-state index >= 15 is 0 Å². The SMILES string of the molecule is CC(C)(C)OC(=O)N1CC[C@H](CN[C@@H]2C[C@H]2c2ccccc2)C1. The molecule has 1 heterocycles. The van der Waals surface area contributed by atoms with E-state index in [1.54, 1.807) is 0 Å². The molecule has 1 aliphatic heterocycles. The zero-order chi connectivity index (χ0) is 16.4. The van der Waals surface area contributed by atoms with E-state index in [9.17, 15) is 4.79 Å². The van der Waals surface area contributed by atoms with Crippen LogP contribution in [0.4, 0.5) is 4.79 Å². The fraction of sp³-hybridized carbons (Fsp3) is 0.632. The summed E-state index contributed by atoms with van der Waals surface area (Å²) in [5.74, 6) is 1.21. The molecule has 1 N–H and O–H groups in total. The van der Waals surface area contributed by atoms with Crippen molar-refractivity contribution in [3.05, 3.63) is 35.9 Å². The molecule has 1 aromatic carbocycles. The third-order valence-corrected chi connectivity index (χ3v) is 4.62. The lowest BCUT2D eigenvalue weighted by atomic mass is 10.1. The van der Waals surface area contributed by atoms with Gasteiger partial charge in [-0.25, -0.2) is 4.79 Å². The summed E-state index contributed by atoms with van der Waals surface area (Å²) in [6.45, 7) is 8.36. The lowest BCUT2D eigenvalue weighted by molar-refractivity contribution is 0.0288. The van der Waals surface area contributed by atoms with Gasteiger partial charge in [-0.2, -0.15) is 0 Å². The van der Waals surface area contributed by atoms with E-state index in [1.165, 1.54) is 12.0 Å². The maximum atomic E-state index is 12.1. The molecular formula is C19H28N2O2. The molecule has 0 spiro atoms. The summed E-state index contributed by atoms with van der Waals surface area (Å²) >= 11 is 0. The van der Waals surface area contributed by atoms with Gasteiger partial charge in [-0.1, -0.05) is 30.3 Å². The second-order valence-electron chi connectivity index (χ2n) is 7.85. The molecule has 3 atom stereocenters. The van der Waals surface area contributed by atoms with Crippen LogP contribution in [0, 0.1) is 5.92 Å². The Balaban J connectivity index is 1.39. The zero-order valence-electron chi connectivity index (χ0n) is 14.4. The summed E-state index contributed by atoms with van der Waals surface area (Å²) in [6, 6.07) is 11.3. The van der Waals surface area contributed by atoms with Crippen LogP contribution in [0.1, 0.15) is 45.1 Å². The van der Waals surface area contributed by atoms with Crippen LogP contribution in [0.3, 0.4) is 0 Å². The molecule has 23 heavy (non-hydrogen) atoms. The largest absolute Gasteiger partial charge is 0.444 e. The van der Waals surface area contributed by atoms with E-state index in [1.807, 2.05) is 25.7 Å². The summed E-state index contributed by atoms with van der Waals surface area (Å²) < 4.78 is 5.45. The molecule has 126 valence electrons. The van der Waals surface area contributed by atoms with Gasteiger partial charge in [0.1, 0.15) is 5.60 Å². The van der Waals surface area contributed by atoms with Crippen LogP contribution >= 0.6 is 0 Å². The van der Waals surface area contributed by atoms with Crippen molar-refractivity contribution in [2.75, 3.05) is 19.6 Å². The highest BCUT2D eigenvalue weighted by atomic mass is 16.6. The first kappa shape index (κ1) is 16.3. The molecule has 0 unspecified atom stereocenters. The first-order chi connectivity index (χ1) is 10.9. The smallest absolute Gasteiger partial charge is 0.410 e. The molecule has 0 radical (unpaired) electrons. The number of nitrogens with zero attached hydrogens (tertiary/aromatic N) is 1. The van der Waals surface area contributed by atoms with Gasteiger partial charge in [0.2, 0.25) is 0 Å². The van der Waals surface area contributed by atoms with Gasteiger partial charge in [0.05, 0.1) is 0 Å². The number of carbonyl (C=O) groups excluding carboxylic acids is 1. The zero-order valence-corrected chi connectivity index (χ0v) is 14.4. The number of likely N-dealkylation sites (tertiary alicyclic amines) is 1. The number of carbonyl (C=O) groups is 1. The van der Waals surface area contributed by atoms with Crippen LogP contribution in [-0.2, 0) is 4.74 Å². The summed E-state index contributed by atoms with van der Waals surface area (Å²) in [5, 5.41) is 3.68. The minimum atomic E-state index is -0.412. The predicted molar refractivity (Wildman–Crippen MR) is 91.5 cm³/mol. The van der Waals surface area contributed by atoms with Gasteiger partial charge < -0.3 is 15.0 Å². The Morgan fingerprint density at radius 2 is 2.04 bits per heavy atom. The van der Waals surface area contributed by atoms with Crippen LogP contribution in [-0.4, -0.2) is 42.3 Å². The van der Waals surface area contributed by atoms with Crippen molar-refractivity contribution in [2.24, 2.45) is 5.92 Å². The summed E-state index contributed by atoms with van der Waals surface area (Å²) in [5.41, 5.74) is 1.02. The van der Waals surface area contributed by atoms with Crippen molar-refractivity contribution in [2.45, 2.75) is 51.2 Å². The number of hydrogen-bond donors (Lipinski definition) is 1. The average molecular weight is 316 g/mol. The van der Waals surface area contributed by atoms with Crippen molar-refractivity contribution in [3.63, 3.8) is 0 Å². The van der Waals surface area contributed by atoms with Crippen molar-refractivity contribution in [1.82, 2.24) is 10.2 Å². The maximum absolute atomic E-state index is 12.1. The van der Waals surface area contributed by atoms with Gasteiger partial charge in [0, 0.05) is 25.0 Å². The van der Waals surface area contributed by atoms with E-state index in [2.05, 4.69) is 35.6 Å². The third-order valence-electron chi connectivity index (χ3n) is 4.62. The Hall–Kier alpha value is -1.55. The summed E-state index contributed by atoms with van der Waals surface area (Å²) in [7, 11) is 0. The van der Waals surface area contributed by atoms with E-state index in [0.717, 1.165) is 26.1 Å². The Morgan fingerprint density at radius 3 is 2.74 bits per heavy atom. The van der Waals surface area contributed by atoms with Gasteiger partial charge in [-0.3, -0.25) is 0 Å². The molecular weight excluding hydrogens is 288 g/mol. The molecule has 4 heteroatoms. The van der Waals surface area contributed by atoms with Crippen molar-refractivity contribution in [3.8, 4) is 0 Å². The van der Waals surface area contributed by atoms with E-state index < -0.39 is 5.60 Å². The maximum Gasteiger partial charge on any atom is 0.410 e. The van der Waals surface area contributed by atoms with Gasteiger partial charge in [-0.05, 0) is 51.6 Å². The number of rotatable bonds is 4. The molecule has 1 aromatic rings. The van der Waals surface area contributed by atoms with Crippen LogP contribution in [0.2, 0.25) is 0 Å². The lowest BCUT2D eigenvalue weighted by Crippen LogP contribution is -2.36. The van der Waals surface area contributed by atoms with Crippen molar-refractivity contribution in [1.29, 1.82) is 0 Å². The van der Waals surface area contributed by atoms with Gasteiger partial charge in [0.25, 0.3) is 0 Å². The summed E-state index contributed by atoms with van der Waals surface area (Å²) in [6.07, 6.45) is 2.12. The molecule has 1 aliphatic carbocycles. The van der Waals surface area contributed by atoms with Gasteiger partial charge in [-0.15, -0.1) is 0 Å². The average Bonchev–Trinajstić information content (AvgIpc) is 3.12. The van der Waals surface area contributed by atoms with Crippen molar-refractivity contribution >= 4 is 6.09 Å². The van der Waals surface area contributed by atoms with Crippen LogP contribution in [0.15, 0.2) is 30.3 Å². The highest BCUT2D eigenvalue weighted by molar-refractivity contribution is 5.68. The van der Waals surface area contributed by atoms with Gasteiger partial charge >= 0.3 is 6.09 Å². The molecule has 1 saturated carbocycles. The predicted octanol–water partition coefficient (Wildman–Crippen LogP) is 3.39. The number of benzene rings is 1. The third kappa shape index (κ3) is 4.47. The highest BCUT2D eigenvalue weighted by Crippen LogP contribution is 2.40. The Labute approximate surface area is 139 Å². The lowest BCUT2D eigenvalue weighted by Gasteiger charge is -2.24. The number of ether oxygens (including phenoxy) is 1. The van der Waals surface area contributed by atoms with Crippen LogP contribution in [0.25, 0.3) is 0 Å². The Bertz CT molecular complexity index is 538. The molecule has 2 fully saturated rings. The second-order valence-corrected chi connectivity index (χ2v) is 7.85. The van der Waals surface area contributed by atoms with Gasteiger partial charge in [0.15, 0.2) is 0 Å². The van der Waals surface area contributed by atoms with E-state index in [-0.39, 0.29) is 6.09 Å². The number of nitrogens with one attached hydrogen (secondary N) is 1. The monoisotopic (exact) mass is 316 g/mol. The standard InChI is InChI=1S/C19H28N2O2/c1-19(2,3)23-18(22)21-10-9-14(13-21)12-20-17-11-16(17)15-7-5-4-6-8-15/h4-8,14,16-17,20H,9-13H2,1-3H3/t14-,16+,17-/m1/s1. The molecule has 1 amide bonds. The minimum Gasteiger partial charge on any atom is -0.444 e. The molecule has 1 saturated heterocycles. The van der Waals surface area contributed by atoms with E-state index in [4.69, 9.17) is 4.74 Å². The molecule has 4 nitrogen and oxygen atoms in total. The fourth-order valence-electron chi connectivity index (χ4n) is 3.30. The molecule has 2 aliphatic rings. The highest BCUT2D eigenvalue weighted by Gasteiger charge is 2.38. The van der Waals surface area contributed by atoms with Crippen LogP contribution in [0.5, 0.6) is 0 Å². The summed E-state index contributed by atoms with van der Waals surface area (Å²) in [4.78, 5) is 13.9. The van der Waals surface area contributed by atoms with E-state index in [0.29, 0.717) is 17.9 Å². The molecule has 3 rings (SSSR count). The quantitative estimate of drug-likeness (QED) is 0.926. The molecule has 0 bridgehead atoms. The molecule has 0 aromatic heterocycles. The van der Waals surface area contributed by atoms with Crippen molar-refractivity contribution < 1.29 is 9.53 Å². The fourth-order valence-corrected chi connectivity index (χ4v) is 3.30. The first-order valence-electron chi connectivity index (χ1n) is 8.68. The Morgan fingerprint density at radius 1 is 1.30 bits per heavy atom. The minimum absolute atomic E-state index is 0.173. The number of amides is 1. The Kier molecular flexibility index (Phi) is 4.62. The number of hydrogen-bond acceptors (Lipinski definition) is 3.